The molecule has 0 aliphatic carbocycles. The summed E-state index contributed by atoms with van der Waals surface area (Å²) in [4.78, 5) is 10.4. The van der Waals surface area contributed by atoms with Crippen LogP contribution in [0, 0.1) is 0 Å². The molecule has 0 spiro atoms. The van der Waals surface area contributed by atoms with E-state index in [1.165, 1.54) is 13.3 Å². The van der Waals surface area contributed by atoms with Crippen LogP contribution in [0.2, 0.25) is 5.02 Å². The van der Waals surface area contributed by atoms with Crippen molar-refractivity contribution in [1.29, 1.82) is 0 Å². The Morgan fingerprint density at radius 2 is 2.12 bits per heavy atom. The summed E-state index contributed by atoms with van der Waals surface area (Å²) in [5, 5.41) is 3.69. The molecule has 1 aromatic heterocycles. The standard InChI is InChI=1S/C11H19ClN4O/c1-4-16(5-2)7-6-13-10-9(12)8-14-11(15-10)17-3/h8H,4-7H2,1-3H3,(H,13,14,15). The van der Waals surface area contributed by atoms with Gasteiger partial charge in [0.2, 0.25) is 0 Å². The van der Waals surface area contributed by atoms with Gasteiger partial charge >= 0.3 is 6.01 Å². The number of ether oxygens (including phenoxy) is 1. The lowest BCUT2D eigenvalue weighted by atomic mass is 10.4. The van der Waals surface area contributed by atoms with Crippen LogP contribution < -0.4 is 10.1 Å². The van der Waals surface area contributed by atoms with Crippen LogP contribution in [0.4, 0.5) is 5.82 Å². The SMILES string of the molecule is CCN(CC)CCNc1nc(OC)ncc1Cl. The predicted octanol–water partition coefficient (Wildman–Crippen LogP) is 1.89. The van der Waals surface area contributed by atoms with E-state index in [2.05, 4.69) is 34.0 Å². The lowest BCUT2D eigenvalue weighted by Crippen LogP contribution is -2.28. The molecule has 0 saturated heterocycles. The van der Waals surface area contributed by atoms with E-state index >= 15 is 0 Å². The zero-order valence-corrected chi connectivity index (χ0v) is 11.3. The second-order valence-electron chi connectivity index (χ2n) is 3.51. The van der Waals surface area contributed by atoms with E-state index in [0.29, 0.717) is 16.9 Å². The molecule has 0 bridgehead atoms. The van der Waals surface area contributed by atoms with Gasteiger partial charge in [-0.15, -0.1) is 0 Å². The largest absolute Gasteiger partial charge is 0.467 e. The van der Waals surface area contributed by atoms with Crippen molar-refractivity contribution >= 4 is 17.4 Å². The first kappa shape index (κ1) is 14.0. The Morgan fingerprint density at radius 3 is 2.71 bits per heavy atom. The molecule has 6 heteroatoms. The third kappa shape index (κ3) is 4.36. The van der Waals surface area contributed by atoms with E-state index in [4.69, 9.17) is 16.3 Å². The quantitative estimate of drug-likeness (QED) is 0.810. The first-order chi connectivity index (χ1) is 8.21. The molecule has 96 valence electrons. The summed E-state index contributed by atoms with van der Waals surface area (Å²) in [5.41, 5.74) is 0. The molecule has 0 aliphatic rings. The van der Waals surface area contributed by atoms with Crippen LogP contribution in [0.1, 0.15) is 13.8 Å². The highest BCUT2D eigenvalue weighted by Gasteiger charge is 2.05. The van der Waals surface area contributed by atoms with Gasteiger partial charge in [0.15, 0.2) is 5.82 Å². The molecular formula is C11H19ClN4O. The molecule has 0 atom stereocenters. The number of hydrogen-bond acceptors (Lipinski definition) is 5. The summed E-state index contributed by atoms with van der Waals surface area (Å²) in [6, 6.07) is 0.319. The third-order valence-electron chi connectivity index (χ3n) is 2.52. The second kappa shape index (κ2) is 7.29. The minimum absolute atomic E-state index is 0.319. The molecule has 0 aromatic carbocycles. The smallest absolute Gasteiger partial charge is 0.318 e. The lowest BCUT2D eigenvalue weighted by Gasteiger charge is -2.18. The normalized spacial score (nSPS) is 10.6. The maximum absolute atomic E-state index is 5.98. The summed E-state index contributed by atoms with van der Waals surface area (Å²) in [6.45, 7) is 8.11. The lowest BCUT2D eigenvalue weighted by molar-refractivity contribution is 0.316. The fourth-order valence-corrected chi connectivity index (χ4v) is 1.60. The highest BCUT2D eigenvalue weighted by atomic mass is 35.5. The predicted molar refractivity (Wildman–Crippen MR) is 69.9 cm³/mol. The molecule has 17 heavy (non-hydrogen) atoms. The zero-order valence-electron chi connectivity index (χ0n) is 10.5. The Morgan fingerprint density at radius 1 is 1.41 bits per heavy atom. The van der Waals surface area contributed by atoms with Gasteiger partial charge in [0.1, 0.15) is 5.02 Å². The summed E-state index contributed by atoms with van der Waals surface area (Å²) in [6.07, 6.45) is 1.53. The Hall–Kier alpha value is -1.07. The zero-order chi connectivity index (χ0) is 12.7. The van der Waals surface area contributed by atoms with Crippen molar-refractivity contribution in [2.75, 3.05) is 38.6 Å². The molecule has 0 radical (unpaired) electrons. The van der Waals surface area contributed by atoms with Gasteiger partial charge in [0.05, 0.1) is 13.3 Å². The van der Waals surface area contributed by atoms with E-state index in [1.54, 1.807) is 0 Å². The van der Waals surface area contributed by atoms with Gasteiger partial charge < -0.3 is 15.0 Å². The number of rotatable bonds is 7. The van der Waals surface area contributed by atoms with Crippen LogP contribution >= 0.6 is 11.6 Å². The van der Waals surface area contributed by atoms with Crippen LogP contribution in [-0.4, -0.2) is 48.2 Å². The van der Waals surface area contributed by atoms with Crippen molar-refractivity contribution in [3.63, 3.8) is 0 Å². The highest BCUT2D eigenvalue weighted by molar-refractivity contribution is 6.32. The number of methoxy groups -OCH3 is 1. The van der Waals surface area contributed by atoms with Crippen LogP contribution in [-0.2, 0) is 0 Å². The van der Waals surface area contributed by atoms with E-state index in [1.807, 2.05) is 0 Å². The fraction of sp³-hybridized carbons (Fsp3) is 0.636. The Labute approximate surface area is 107 Å². The highest BCUT2D eigenvalue weighted by Crippen LogP contribution is 2.19. The first-order valence-corrected chi connectivity index (χ1v) is 6.11. The Balaban J connectivity index is 2.50. The van der Waals surface area contributed by atoms with Crippen LogP contribution in [0.3, 0.4) is 0 Å². The maximum Gasteiger partial charge on any atom is 0.318 e. The van der Waals surface area contributed by atoms with Crippen LogP contribution in [0.15, 0.2) is 6.20 Å². The average molecular weight is 259 g/mol. The number of nitrogens with zero attached hydrogens (tertiary/aromatic N) is 3. The average Bonchev–Trinajstić information content (AvgIpc) is 2.36. The van der Waals surface area contributed by atoms with Crippen molar-refractivity contribution in [3.05, 3.63) is 11.2 Å². The van der Waals surface area contributed by atoms with Gasteiger partial charge in [0.25, 0.3) is 0 Å². The maximum atomic E-state index is 5.98. The number of anilines is 1. The topological polar surface area (TPSA) is 50.3 Å². The van der Waals surface area contributed by atoms with Crippen molar-refractivity contribution in [1.82, 2.24) is 14.9 Å². The molecule has 0 unspecified atom stereocenters. The summed E-state index contributed by atoms with van der Waals surface area (Å²) in [5.74, 6) is 0.616. The molecule has 1 aromatic rings. The van der Waals surface area contributed by atoms with Crippen molar-refractivity contribution in [3.8, 4) is 6.01 Å². The van der Waals surface area contributed by atoms with E-state index < -0.39 is 0 Å². The monoisotopic (exact) mass is 258 g/mol. The molecule has 0 amide bonds. The Kier molecular flexibility index (Phi) is 6.00. The molecule has 1 N–H and O–H groups in total. The molecule has 0 saturated carbocycles. The molecule has 1 heterocycles. The third-order valence-corrected chi connectivity index (χ3v) is 2.80. The Bertz CT molecular complexity index is 344. The number of nitrogens with one attached hydrogen (secondary N) is 1. The summed E-state index contributed by atoms with van der Waals surface area (Å²) < 4.78 is 4.95. The molecular weight excluding hydrogens is 240 g/mol. The minimum Gasteiger partial charge on any atom is -0.467 e. The molecule has 0 fully saturated rings. The van der Waals surface area contributed by atoms with Crippen LogP contribution in [0.5, 0.6) is 6.01 Å². The fourth-order valence-electron chi connectivity index (χ4n) is 1.45. The van der Waals surface area contributed by atoms with Crippen LogP contribution in [0.25, 0.3) is 0 Å². The summed E-state index contributed by atoms with van der Waals surface area (Å²) >= 11 is 5.98. The van der Waals surface area contributed by atoms with E-state index in [0.717, 1.165) is 26.2 Å². The van der Waals surface area contributed by atoms with Gasteiger partial charge in [0, 0.05) is 13.1 Å². The number of halogens is 1. The van der Waals surface area contributed by atoms with Gasteiger partial charge in [-0.25, -0.2) is 4.98 Å². The number of likely N-dealkylation sites (N-methyl/N-ethyl adjacent to an activating group) is 1. The van der Waals surface area contributed by atoms with Gasteiger partial charge in [-0.2, -0.15) is 4.98 Å². The van der Waals surface area contributed by atoms with E-state index in [9.17, 15) is 0 Å². The van der Waals surface area contributed by atoms with Crippen molar-refractivity contribution in [2.45, 2.75) is 13.8 Å². The van der Waals surface area contributed by atoms with Gasteiger partial charge in [-0.05, 0) is 13.1 Å². The summed E-state index contributed by atoms with van der Waals surface area (Å²) in [7, 11) is 1.53. The first-order valence-electron chi connectivity index (χ1n) is 5.74. The van der Waals surface area contributed by atoms with Gasteiger partial charge in [-0.1, -0.05) is 25.4 Å². The van der Waals surface area contributed by atoms with Crippen molar-refractivity contribution < 1.29 is 4.74 Å². The molecule has 1 rings (SSSR count). The molecule has 0 aliphatic heterocycles. The molecule has 5 nitrogen and oxygen atoms in total. The van der Waals surface area contributed by atoms with E-state index in [-0.39, 0.29) is 0 Å². The number of aromatic nitrogens is 2. The van der Waals surface area contributed by atoms with Gasteiger partial charge in [-0.3, -0.25) is 0 Å². The second-order valence-corrected chi connectivity index (χ2v) is 3.91. The van der Waals surface area contributed by atoms with Crippen molar-refractivity contribution in [2.24, 2.45) is 0 Å². The number of hydrogen-bond donors (Lipinski definition) is 1. The minimum atomic E-state index is 0.319.